The van der Waals surface area contributed by atoms with Crippen LogP contribution in [0, 0.1) is 0 Å². The molecule has 90 valence electrons. The molecule has 0 aliphatic heterocycles. The molecular formula is C15H19NO. The number of nitrogens with zero attached hydrogens (tertiary/aromatic N) is 1. The van der Waals surface area contributed by atoms with Gasteiger partial charge in [-0.25, -0.2) is 0 Å². The summed E-state index contributed by atoms with van der Waals surface area (Å²) in [7, 11) is 3.93. The molecule has 0 spiro atoms. The number of carbonyl (C=O) groups is 1. The molecule has 0 bridgehead atoms. The van der Waals surface area contributed by atoms with Crippen molar-refractivity contribution in [3.8, 4) is 0 Å². The lowest BCUT2D eigenvalue weighted by Crippen LogP contribution is -2.21. The number of rotatable bonds is 2. The zero-order valence-electron chi connectivity index (χ0n) is 10.5. The van der Waals surface area contributed by atoms with Gasteiger partial charge in [-0.1, -0.05) is 30.3 Å². The summed E-state index contributed by atoms with van der Waals surface area (Å²) in [5.74, 6) is 0.368. The Bertz CT molecular complexity index is 420. The molecule has 0 heterocycles. The van der Waals surface area contributed by atoms with Crippen molar-refractivity contribution in [3.63, 3.8) is 0 Å². The number of hydrogen-bond acceptors (Lipinski definition) is 2. The average Bonchev–Trinajstić information content (AvgIpc) is 2.32. The summed E-state index contributed by atoms with van der Waals surface area (Å²) in [5, 5.41) is 0. The van der Waals surface area contributed by atoms with Gasteiger partial charge in [-0.05, 0) is 24.8 Å². The summed E-state index contributed by atoms with van der Waals surface area (Å²) in [6, 6.07) is 10.1. The maximum atomic E-state index is 12.4. The molecule has 0 saturated heterocycles. The molecule has 1 aliphatic carbocycles. The minimum absolute atomic E-state index is 0.0659. The summed E-state index contributed by atoms with van der Waals surface area (Å²) in [5.41, 5.74) is 2.12. The van der Waals surface area contributed by atoms with Gasteiger partial charge in [0.15, 0.2) is 5.78 Å². The lowest BCUT2D eigenvalue weighted by molar-refractivity contribution is -0.118. The highest BCUT2D eigenvalue weighted by atomic mass is 16.1. The highest BCUT2D eigenvalue weighted by Crippen LogP contribution is 2.32. The molecule has 1 aromatic rings. The third kappa shape index (κ3) is 2.76. The van der Waals surface area contributed by atoms with Crippen molar-refractivity contribution in [2.75, 3.05) is 14.1 Å². The number of hydrogen-bond donors (Lipinski definition) is 0. The SMILES string of the molecule is CN(C)/C=C1/CCCC(c2ccccc2)C1=O. The molecule has 1 saturated carbocycles. The Balaban J connectivity index is 2.23. The maximum Gasteiger partial charge on any atom is 0.167 e. The van der Waals surface area contributed by atoms with Crippen LogP contribution in [-0.2, 0) is 4.79 Å². The van der Waals surface area contributed by atoms with E-state index >= 15 is 0 Å². The Morgan fingerprint density at radius 3 is 2.59 bits per heavy atom. The van der Waals surface area contributed by atoms with Gasteiger partial charge in [0.05, 0.1) is 0 Å². The molecular weight excluding hydrogens is 210 g/mol. The smallest absolute Gasteiger partial charge is 0.167 e. The van der Waals surface area contributed by atoms with Gasteiger partial charge in [0.25, 0.3) is 0 Å². The highest BCUT2D eigenvalue weighted by molar-refractivity contribution is 6.00. The summed E-state index contributed by atoms with van der Waals surface area (Å²) < 4.78 is 0. The quantitative estimate of drug-likeness (QED) is 0.727. The Hall–Kier alpha value is -1.57. The van der Waals surface area contributed by atoms with Crippen molar-refractivity contribution in [1.82, 2.24) is 4.90 Å². The lowest BCUT2D eigenvalue weighted by Gasteiger charge is -2.24. The second-order valence-electron chi connectivity index (χ2n) is 4.84. The first-order valence-electron chi connectivity index (χ1n) is 6.15. The third-order valence-electron chi connectivity index (χ3n) is 3.19. The van der Waals surface area contributed by atoms with Crippen molar-refractivity contribution in [2.24, 2.45) is 0 Å². The Morgan fingerprint density at radius 1 is 1.24 bits per heavy atom. The van der Waals surface area contributed by atoms with E-state index in [-0.39, 0.29) is 5.92 Å². The predicted octanol–water partition coefficient (Wildman–Crippen LogP) is 2.97. The van der Waals surface area contributed by atoms with Crippen molar-refractivity contribution in [3.05, 3.63) is 47.7 Å². The molecule has 1 unspecified atom stereocenters. The van der Waals surface area contributed by atoms with Crippen molar-refractivity contribution in [2.45, 2.75) is 25.2 Å². The van der Waals surface area contributed by atoms with Gasteiger partial charge in [-0.15, -0.1) is 0 Å². The minimum atomic E-state index is 0.0659. The normalized spacial score (nSPS) is 22.8. The monoisotopic (exact) mass is 229 g/mol. The Labute approximate surface area is 103 Å². The average molecular weight is 229 g/mol. The summed E-state index contributed by atoms with van der Waals surface area (Å²) in [4.78, 5) is 14.3. The molecule has 0 aromatic heterocycles. The Kier molecular flexibility index (Phi) is 3.62. The van der Waals surface area contributed by atoms with E-state index in [1.807, 2.05) is 43.4 Å². The molecule has 0 N–H and O–H groups in total. The van der Waals surface area contributed by atoms with Crippen LogP contribution in [0.4, 0.5) is 0 Å². The summed E-state index contributed by atoms with van der Waals surface area (Å²) >= 11 is 0. The first kappa shape index (κ1) is 11.9. The van der Waals surface area contributed by atoms with E-state index in [9.17, 15) is 4.79 Å². The predicted molar refractivity (Wildman–Crippen MR) is 69.8 cm³/mol. The number of ketones is 1. The summed E-state index contributed by atoms with van der Waals surface area (Å²) in [6.07, 6.45) is 4.97. The van der Waals surface area contributed by atoms with Crippen LogP contribution in [0.3, 0.4) is 0 Å². The molecule has 1 fully saturated rings. The van der Waals surface area contributed by atoms with Crippen LogP contribution < -0.4 is 0 Å². The van der Waals surface area contributed by atoms with Crippen molar-refractivity contribution in [1.29, 1.82) is 0 Å². The Morgan fingerprint density at radius 2 is 1.94 bits per heavy atom. The van der Waals surface area contributed by atoms with Crippen LogP contribution in [0.5, 0.6) is 0 Å². The van der Waals surface area contributed by atoms with Crippen LogP contribution in [0.15, 0.2) is 42.1 Å². The fourth-order valence-electron chi connectivity index (χ4n) is 2.42. The number of allylic oxidation sites excluding steroid dienone is 1. The van der Waals surface area contributed by atoms with E-state index in [2.05, 4.69) is 12.1 Å². The molecule has 2 nitrogen and oxygen atoms in total. The second-order valence-corrected chi connectivity index (χ2v) is 4.84. The van der Waals surface area contributed by atoms with Crippen LogP contribution in [-0.4, -0.2) is 24.8 Å². The molecule has 1 aromatic carbocycles. The van der Waals surface area contributed by atoms with Crippen LogP contribution in [0.1, 0.15) is 30.7 Å². The molecule has 0 radical (unpaired) electrons. The van der Waals surface area contributed by atoms with Gasteiger partial charge < -0.3 is 4.90 Å². The van der Waals surface area contributed by atoms with Gasteiger partial charge in [0.1, 0.15) is 0 Å². The van der Waals surface area contributed by atoms with E-state index in [4.69, 9.17) is 0 Å². The van der Waals surface area contributed by atoms with E-state index < -0.39 is 0 Å². The highest BCUT2D eigenvalue weighted by Gasteiger charge is 2.27. The summed E-state index contributed by atoms with van der Waals surface area (Å²) in [6.45, 7) is 0. The van der Waals surface area contributed by atoms with E-state index in [0.717, 1.165) is 30.4 Å². The molecule has 0 amide bonds. The molecule has 17 heavy (non-hydrogen) atoms. The largest absolute Gasteiger partial charge is 0.383 e. The van der Waals surface area contributed by atoms with Crippen LogP contribution in [0.2, 0.25) is 0 Å². The van der Waals surface area contributed by atoms with Gasteiger partial charge in [0, 0.05) is 31.8 Å². The molecule has 1 aliphatic rings. The number of carbonyl (C=O) groups excluding carboxylic acids is 1. The van der Waals surface area contributed by atoms with Gasteiger partial charge >= 0.3 is 0 Å². The number of benzene rings is 1. The van der Waals surface area contributed by atoms with E-state index in [1.54, 1.807) is 0 Å². The zero-order valence-corrected chi connectivity index (χ0v) is 10.5. The van der Waals surface area contributed by atoms with Crippen LogP contribution in [0.25, 0.3) is 0 Å². The minimum Gasteiger partial charge on any atom is -0.383 e. The second kappa shape index (κ2) is 5.17. The van der Waals surface area contributed by atoms with Gasteiger partial charge in [-0.2, -0.15) is 0 Å². The number of Topliss-reactive ketones (excluding diaryl/α,β-unsaturated/α-hetero) is 1. The fraction of sp³-hybridized carbons (Fsp3) is 0.400. The maximum absolute atomic E-state index is 12.4. The van der Waals surface area contributed by atoms with Crippen molar-refractivity contribution < 1.29 is 4.79 Å². The van der Waals surface area contributed by atoms with E-state index in [0.29, 0.717) is 5.78 Å². The van der Waals surface area contributed by atoms with Gasteiger partial charge in [-0.3, -0.25) is 4.79 Å². The van der Waals surface area contributed by atoms with Gasteiger partial charge in [0.2, 0.25) is 0 Å². The third-order valence-corrected chi connectivity index (χ3v) is 3.19. The first-order chi connectivity index (χ1) is 8.18. The molecule has 1 atom stereocenters. The van der Waals surface area contributed by atoms with Crippen LogP contribution >= 0.6 is 0 Å². The van der Waals surface area contributed by atoms with Crippen molar-refractivity contribution >= 4 is 5.78 Å². The molecule has 2 rings (SSSR count). The fourth-order valence-corrected chi connectivity index (χ4v) is 2.42. The lowest BCUT2D eigenvalue weighted by atomic mass is 9.80. The van der Waals surface area contributed by atoms with E-state index in [1.165, 1.54) is 0 Å². The standard InChI is InChI=1S/C15H19NO/c1-16(2)11-13-9-6-10-14(15(13)17)12-7-4-3-5-8-12/h3-5,7-8,11,14H,6,9-10H2,1-2H3/b13-11-. The molecule has 2 heteroatoms. The zero-order chi connectivity index (χ0) is 12.3. The first-order valence-corrected chi connectivity index (χ1v) is 6.15. The topological polar surface area (TPSA) is 20.3 Å².